The molecule has 134 valence electrons. The minimum atomic E-state index is -0.991. The molecule has 1 heterocycles. The highest BCUT2D eigenvalue weighted by atomic mass is 19.2. The molecule has 1 fully saturated rings. The maximum absolute atomic E-state index is 13.1. The summed E-state index contributed by atoms with van der Waals surface area (Å²) in [6.07, 6.45) is 3.61. The lowest BCUT2D eigenvalue weighted by molar-refractivity contribution is -0.116. The fourth-order valence-corrected chi connectivity index (χ4v) is 2.56. The lowest BCUT2D eigenvalue weighted by Gasteiger charge is -2.20. The van der Waals surface area contributed by atoms with Crippen molar-refractivity contribution < 1.29 is 18.1 Å². The Bertz CT molecular complexity index is 746. The van der Waals surface area contributed by atoms with Gasteiger partial charge in [-0.2, -0.15) is 4.98 Å². The van der Waals surface area contributed by atoms with Gasteiger partial charge in [-0.25, -0.2) is 8.78 Å². The molecule has 0 aliphatic heterocycles. The van der Waals surface area contributed by atoms with Crippen LogP contribution < -0.4 is 5.32 Å². The van der Waals surface area contributed by atoms with E-state index in [4.69, 9.17) is 4.52 Å². The van der Waals surface area contributed by atoms with Gasteiger partial charge >= 0.3 is 0 Å². The highest BCUT2D eigenvalue weighted by Crippen LogP contribution is 2.35. The van der Waals surface area contributed by atoms with Crippen LogP contribution in [0.3, 0.4) is 0 Å². The van der Waals surface area contributed by atoms with E-state index in [1.54, 1.807) is 0 Å². The molecule has 3 rings (SSSR count). The van der Waals surface area contributed by atoms with Gasteiger partial charge in [-0.15, -0.1) is 0 Å². The molecule has 1 aromatic heterocycles. The van der Waals surface area contributed by atoms with Crippen molar-refractivity contribution in [3.8, 4) is 0 Å². The van der Waals surface area contributed by atoms with E-state index in [1.807, 2.05) is 11.9 Å². The van der Waals surface area contributed by atoms with Crippen LogP contribution in [0.5, 0.6) is 0 Å². The van der Waals surface area contributed by atoms with Crippen LogP contribution in [0.15, 0.2) is 22.7 Å². The van der Waals surface area contributed by atoms with E-state index in [0.29, 0.717) is 30.7 Å². The van der Waals surface area contributed by atoms with Gasteiger partial charge in [0.1, 0.15) is 0 Å². The Hall–Kier alpha value is -2.35. The molecule has 1 N–H and O–H groups in total. The molecule has 2 aromatic rings. The summed E-state index contributed by atoms with van der Waals surface area (Å²) in [7, 11) is 1.85. The number of carbonyl (C=O) groups is 1. The van der Waals surface area contributed by atoms with Crippen LogP contribution in [0.1, 0.15) is 43.3 Å². The average Bonchev–Trinajstić information content (AvgIpc) is 2.95. The van der Waals surface area contributed by atoms with Gasteiger partial charge < -0.3 is 9.84 Å². The summed E-state index contributed by atoms with van der Waals surface area (Å²) in [6.45, 7) is 0.956. The number of halogens is 2. The largest absolute Gasteiger partial charge is 0.339 e. The summed E-state index contributed by atoms with van der Waals surface area (Å²) < 4.78 is 31.2. The summed E-state index contributed by atoms with van der Waals surface area (Å²) in [5, 5.41) is 6.51. The molecule has 1 saturated carbocycles. The molecule has 1 amide bonds. The van der Waals surface area contributed by atoms with Gasteiger partial charge in [0.15, 0.2) is 17.5 Å². The molecule has 0 spiro atoms. The van der Waals surface area contributed by atoms with E-state index < -0.39 is 11.6 Å². The highest BCUT2D eigenvalue weighted by Gasteiger charge is 2.25. The number of rotatable bonds is 7. The van der Waals surface area contributed by atoms with Crippen molar-refractivity contribution in [3.63, 3.8) is 0 Å². The second-order valence-corrected chi connectivity index (χ2v) is 6.34. The van der Waals surface area contributed by atoms with Crippen LogP contribution in [-0.2, 0) is 11.3 Å². The summed E-state index contributed by atoms with van der Waals surface area (Å²) >= 11 is 0. The molecule has 0 unspecified atom stereocenters. The van der Waals surface area contributed by atoms with Gasteiger partial charge in [-0.3, -0.25) is 9.69 Å². The Kier molecular flexibility index (Phi) is 5.37. The van der Waals surface area contributed by atoms with E-state index in [2.05, 4.69) is 15.5 Å². The van der Waals surface area contributed by atoms with Gasteiger partial charge in [0.2, 0.25) is 11.8 Å². The number of nitrogens with zero attached hydrogens (tertiary/aromatic N) is 3. The van der Waals surface area contributed by atoms with Crippen LogP contribution in [0.2, 0.25) is 0 Å². The minimum Gasteiger partial charge on any atom is -0.339 e. The second-order valence-electron chi connectivity index (χ2n) is 6.34. The molecule has 0 radical (unpaired) electrons. The maximum atomic E-state index is 13.1. The zero-order valence-electron chi connectivity index (χ0n) is 14.0. The van der Waals surface area contributed by atoms with Crippen LogP contribution in [0.25, 0.3) is 0 Å². The molecule has 8 heteroatoms. The maximum Gasteiger partial charge on any atom is 0.229 e. The topological polar surface area (TPSA) is 71.3 Å². The molecular formula is C17H20F2N4O2. The van der Waals surface area contributed by atoms with Crippen molar-refractivity contribution in [1.82, 2.24) is 15.0 Å². The van der Waals surface area contributed by atoms with Crippen LogP contribution in [0, 0.1) is 11.6 Å². The fraction of sp³-hybridized carbons (Fsp3) is 0.471. The molecule has 1 aliphatic rings. The first-order valence-electron chi connectivity index (χ1n) is 8.27. The number of benzene rings is 1. The first-order chi connectivity index (χ1) is 12.0. The monoisotopic (exact) mass is 350 g/mol. The Morgan fingerprint density at radius 2 is 2.16 bits per heavy atom. The average molecular weight is 350 g/mol. The third-order valence-electron chi connectivity index (χ3n) is 4.27. The first kappa shape index (κ1) is 17.5. The summed E-state index contributed by atoms with van der Waals surface area (Å²) in [5.74, 6) is -0.515. The highest BCUT2D eigenvalue weighted by molar-refractivity contribution is 5.90. The Morgan fingerprint density at radius 3 is 2.84 bits per heavy atom. The summed E-state index contributed by atoms with van der Waals surface area (Å²) in [6, 6.07) is 3.26. The van der Waals surface area contributed by atoms with Crippen LogP contribution in [-0.4, -0.2) is 34.5 Å². The van der Waals surface area contributed by atoms with E-state index in [0.717, 1.165) is 25.0 Å². The van der Waals surface area contributed by atoms with E-state index in [-0.39, 0.29) is 18.0 Å². The van der Waals surface area contributed by atoms with Crippen molar-refractivity contribution in [3.05, 3.63) is 41.5 Å². The number of nitrogens with one attached hydrogen (secondary N) is 1. The quantitative estimate of drug-likeness (QED) is 0.831. The third-order valence-corrected chi connectivity index (χ3v) is 4.27. The van der Waals surface area contributed by atoms with Gasteiger partial charge in [-0.05, 0) is 32.0 Å². The summed E-state index contributed by atoms with van der Waals surface area (Å²) in [5.41, 5.74) is 0.231. The third kappa shape index (κ3) is 4.60. The van der Waals surface area contributed by atoms with E-state index >= 15 is 0 Å². The van der Waals surface area contributed by atoms with Crippen LogP contribution >= 0.6 is 0 Å². The van der Waals surface area contributed by atoms with E-state index in [9.17, 15) is 13.6 Å². The zero-order chi connectivity index (χ0) is 17.8. The van der Waals surface area contributed by atoms with Gasteiger partial charge in [0, 0.05) is 30.6 Å². The second kappa shape index (κ2) is 7.69. The predicted octanol–water partition coefficient (Wildman–Crippen LogP) is 3.08. The lowest BCUT2D eigenvalue weighted by atomic mass is 9.85. The molecule has 1 aliphatic carbocycles. The van der Waals surface area contributed by atoms with Crippen molar-refractivity contribution in [2.45, 2.75) is 38.1 Å². The van der Waals surface area contributed by atoms with Gasteiger partial charge in [0.25, 0.3) is 0 Å². The van der Waals surface area contributed by atoms with Crippen molar-refractivity contribution in [2.75, 3.05) is 18.9 Å². The van der Waals surface area contributed by atoms with Crippen molar-refractivity contribution in [1.29, 1.82) is 0 Å². The predicted molar refractivity (Wildman–Crippen MR) is 86.8 cm³/mol. The fourth-order valence-electron chi connectivity index (χ4n) is 2.56. The number of anilines is 1. The normalized spacial score (nSPS) is 14.6. The molecular weight excluding hydrogens is 330 g/mol. The van der Waals surface area contributed by atoms with Crippen LogP contribution in [0.4, 0.5) is 14.5 Å². The molecule has 0 atom stereocenters. The number of hydrogen-bond donors (Lipinski definition) is 1. The number of carbonyl (C=O) groups excluding carboxylic acids is 1. The Morgan fingerprint density at radius 1 is 1.36 bits per heavy atom. The van der Waals surface area contributed by atoms with E-state index in [1.165, 1.54) is 12.5 Å². The summed E-state index contributed by atoms with van der Waals surface area (Å²) in [4.78, 5) is 18.2. The first-order valence-corrected chi connectivity index (χ1v) is 8.27. The van der Waals surface area contributed by atoms with Gasteiger partial charge in [0.05, 0.1) is 6.54 Å². The van der Waals surface area contributed by atoms with Crippen molar-refractivity contribution >= 4 is 11.6 Å². The smallest absolute Gasteiger partial charge is 0.229 e. The molecule has 0 saturated heterocycles. The molecule has 25 heavy (non-hydrogen) atoms. The molecule has 6 nitrogen and oxygen atoms in total. The number of aromatic nitrogens is 2. The Balaban J connectivity index is 1.43. The van der Waals surface area contributed by atoms with Crippen molar-refractivity contribution in [2.24, 2.45) is 0 Å². The molecule has 0 bridgehead atoms. The SMILES string of the molecule is CN(CCC(=O)Nc1ccc(F)c(F)c1)Cc1noc(C2CCC2)n1. The van der Waals surface area contributed by atoms with Gasteiger partial charge in [-0.1, -0.05) is 11.6 Å². The Labute approximate surface area is 144 Å². The molecule has 1 aromatic carbocycles. The zero-order valence-corrected chi connectivity index (χ0v) is 14.0. The lowest BCUT2D eigenvalue weighted by Crippen LogP contribution is -2.24. The number of amides is 1. The number of hydrogen-bond acceptors (Lipinski definition) is 5. The standard InChI is InChI=1S/C17H20F2N4O2/c1-23(10-15-21-17(25-22-15)11-3-2-4-11)8-7-16(24)20-12-5-6-13(18)14(19)9-12/h5-6,9,11H,2-4,7-8,10H2,1H3,(H,20,24). The minimum absolute atomic E-state index is 0.211.